The number of nitrogens with one attached hydrogen (secondary N) is 2. The van der Waals surface area contributed by atoms with Crippen LogP contribution in [0.15, 0.2) is 103 Å². The minimum absolute atomic E-state index is 0.0603. The van der Waals surface area contributed by atoms with E-state index in [9.17, 15) is 14.7 Å². The molecular weight excluding hydrogens is 490 g/mol. The normalized spacial score (nSPS) is 11.9. The number of carboxylic acid groups (broad SMARTS) is 1. The van der Waals surface area contributed by atoms with Gasteiger partial charge in [0.1, 0.15) is 18.4 Å². The summed E-state index contributed by atoms with van der Waals surface area (Å²) in [5.74, 6) is -0.969. The van der Waals surface area contributed by atoms with E-state index in [1.54, 1.807) is 24.3 Å². The van der Waals surface area contributed by atoms with Crippen LogP contribution in [0.2, 0.25) is 0 Å². The maximum atomic E-state index is 12.9. The predicted molar refractivity (Wildman–Crippen MR) is 151 cm³/mol. The first-order valence-corrected chi connectivity index (χ1v) is 12.6. The molecule has 3 N–H and O–H groups in total. The molecule has 39 heavy (non-hydrogen) atoms. The Kier molecular flexibility index (Phi) is 7.79. The molecule has 0 bridgehead atoms. The average molecular weight is 518 g/mol. The van der Waals surface area contributed by atoms with Crippen LogP contribution in [-0.4, -0.2) is 33.0 Å². The summed E-state index contributed by atoms with van der Waals surface area (Å²) in [6, 6.07) is 31.5. The van der Waals surface area contributed by atoms with Gasteiger partial charge in [-0.1, -0.05) is 91.0 Å². The summed E-state index contributed by atoms with van der Waals surface area (Å²) in [6.07, 6.45) is 4.10. The van der Waals surface area contributed by atoms with E-state index in [1.807, 2.05) is 91.0 Å². The SMILES string of the molecule is O=C(NC(Cc1ccc(OCc2ccccc2)cc1)C(=O)O)c1nc2ccc(C=Cc3ccccc3)cc2[nH]1. The fourth-order valence-electron chi connectivity index (χ4n) is 4.12. The minimum Gasteiger partial charge on any atom is -0.489 e. The van der Waals surface area contributed by atoms with Gasteiger partial charge in [0.2, 0.25) is 0 Å². The molecule has 1 atom stereocenters. The Hall–Kier alpha value is -5.17. The molecule has 0 spiro atoms. The van der Waals surface area contributed by atoms with Crippen molar-refractivity contribution in [2.24, 2.45) is 0 Å². The van der Waals surface area contributed by atoms with Gasteiger partial charge < -0.3 is 20.1 Å². The first-order chi connectivity index (χ1) is 19.0. The molecule has 0 saturated heterocycles. The number of hydrogen-bond acceptors (Lipinski definition) is 4. The quantitative estimate of drug-likeness (QED) is 0.205. The molecule has 0 aliphatic rings. The zero-order valence-corrected chi connectivity index (χ0v) is 21.1. The van der Waals surface area contributed by atoms with Crippen molar-refractivity contribution in [1.29, 1.82) is 0 Å². The highest BCUT2D eigenvalue weighted by molar-refractivity contribution is 5.96. The zero-order chi connectivity index (χ0) is 27.0. The van der Waals surface area contributed by atoms with Crippen molar-refractivity contribution in [3.8, 4) is 5.75 Å². The van der Waals surface area contributed by atoms with Gasteiger partial charge >= 0.3 is 5.97 Å². The Morgan fingerprint density at radius 2 is 1.54 bits per heavy atom. The minimum atomic E-state index is -1.13. The number of rotatable bonds is 10. The van der Waals surface area contributed by atoms with Gasteiger partial charge in [-0.2, -0.15) is 0 Å². The lowest BCUT2D eigenvalue weighted by Crippen LogP contribution is -2.42. The average Bonchev–Trinajstić information content (AvgIpc) is 3.40. The molecule has 4 aromatic carbocycles. The second kappa shape index (κ2) is 11.9. The molecule has 0 radical (unpaired) electrons. The van der Waals surface area contributed by atoms with Crippen LogP contribution >= 0.6 is 0 Å². The van der Waals surface area contributed by atoms with Gasteiger partial charge in [0.05, 0.1) is 11.0 Å². The van der Waals surface area contributed by atoms with Gasteiger partial charge in [-0.3, -0.25) is 4.79 Å². The number of carboxylic acids is 1. The summed E-state index contributed by atoms with van der Waals surface area (Å²) in [6.45, 7) is 0.441. The zero-order valence-electron chi connectivity index (χ0n) is 21.1. The van der Waals surface area contributed by atoms with Crippen molar-refractivity contribution in [3.05, 3.63) is 131 Å². The molecule has 0 aliphatic heterocycles. The number of nitrogens with zero attached hydrogens (tertiary/aromatic N) is 1. The summed E-state index contributed by atoms with van der Waals surface area (Å²) in [7, 11) is 0. The molecule has 1 heterocycles. The number of benzene rings is 4. The molecule has 0 aliphatic carbocycles. The highest BCUT2D eigenvalue weighted by Crippen LogP contribution is 2.18. The number of hydrogen-bond donors (Lipinski definition) is 3. The van der Waals surface area contributed by atoms with Gasteiger partial charge in [-0.15, -0.1) is 0 Å². The second-order valence-electron chi connectivity index (χ2n) is 9.09. The number of carbonyl (C=O) groups excluding carboxylic acids is 1. The summed E-state index contributed by atoms with van der Waals surface area (Å²) >= 11 is 0. The molecule has 7 nitrogen and oxygen atoms in total. The van der Waals surface area contributed by atoms with Crippen molar-refractivity contribution in [1.82, 2.24) is 15.3 Å². The number of aliphatic carboxylic acids is 1. The third kappa shape index (κ3) is 6.78. The van der Waals surface area contributed by atoms with Gasteiger partial charge in [0.25, 0.3) is 5.91 Å². The molecule has 0 saturated carbocycles. The van der Waals surface area contributed by atoms with E-state index in [0.29, 0.717) is 23.4 Å². The first-order valence-electron chi connectivity index (χ1n) is 12.6. The van der Waals surface area contributed by atoms with Crippen LogP contribution in [0.5, 0.6) is 5.75 Å². The molecule has 5 aromatic rings. The first kappa shape index (κ1) is 25.5. The Morgan fingerprint density at radius 3 is 2.26 bits per heavy atom. The molecule has 1 unspecified atom stereocenters. The fraction of sp³-hybridized carbons (Fsp3) is 0.0938. The Morgan fingerprint density at radius 1 is 0.846 bits per heavy atom. The van der Waals surface area contributed by atoms with Crippen LogP contribution in [0.3, 0.4) is 0 Å². The third-order valence-electron chi connectivity index (χ3n) is 6.20. The van der Waals surface area contributed by atoms with Crippen molar-refractivity contribution in [2.75, 3.05) is 0 Å². The van der Waals surface area contributed by atoms with Gasteiger partial charge in [0.15, 0.2) is 5.82 Å². The third-order valence-corrected chi connectivity index (χ3v) is 6.20. The number of amides is 1. The van der Waals surface area contributed by atoms with Crippen LogP contribution in [0.25, 0.3) is 23.2 Å². The molecule has 1 amide bonds. The van der Waals surface area contributed by atoms with Crippen LogP contribution in [0, 0.1) is 0 Å². The molecule has 1 aromatic heterocycles. The number of aromatic amines is 1. The lowest BCUT2D eigenvalue weighted by atomic mass is 10.1. The van der Waals surface area contributed by atoms with E-state index < -0.39 is 17.9 Å². The largest absolute Gasteiger partial charge is 0.489 e. The topological polar surface area (TPSA) is 104 Å². The van der Waals surface area contributed by atoms with E-state index in [1.165, 1.54) is 0 Å². The Labute approximate surface area is 225 Å². The van der Waals surface area contributed by atoms with Gasteiger partial charge in [-0.05, 0) is 46.5 Å². The number of fused-ring (bicyclic) bond motifs is 1. The number of H-pyrrole nitrogens is 1. The summed E-state index contributed by atoms with van der Waals surface area (Å²) in [5.41, 5.74) is 5.15. The number of aromatic nitrogens is 2. The second-order valence-corrected chi connectivity index (χ2v) is 9.09. The van der Waals surface area contributed by atoms with E-state index in [4.69, 9.17) is 4.74 Å². The summed E-state index contributed by atoms with van der Waals surface area (Å²) in [4.78, 5) is 32.2. The number of carbonyl (C=O) groups is 2. The van der Waals surface area contributed by atoms with Crippen LogP contribution in [0.1, 0.15) is 32.9 Å². The summed E-state index contributed by atoms with van der Waals surface area (Å²) < 4.78 is 5.79. The van der Waals surface area contributed by atoms with E-state index in [2.05, 4.69) is 15.3 Å². The van der Waals surface area contributed by atoms with Gasteiger partial charge in [-0.25, -0.2) is 9.78 Å². The highest BCUT2D eigenvalue weighted by Gasteiger charge is 2.23. The number of imidazole rings is 1. The molecule has 0 fully saturated rings. The highest BCUT2D eigenvalue weighted by atomic mass is 16.5. The van der Waals surface area contributed by atoms with Crippen molar-refractivity contribution in [2.45, 2.75) is 19.1 Å². The van der Waals surface area contributed by atoms with Gasteiger partial charge in [0, 0.05) is 6.42 Å². The van der Waals surface area contributed by atoms with E-state index in [0.717, 1.165) is 22.3 Å². The Bertz CT molecular complexity index is 1590. The maximum absolute atomic E-state index is 12.9. The predicted octanol–water partition coefficient (Wildman–Crippen LogP) is 5.74. The fourth-order valence-corrected chi connectivity index (χ4v) is 4.12. The molecule has 5 rings (SSSR count). The smallest absolute Gasteiger partial charge is 0.326 e. The number of ether oxygens (including phenoxy) is 1. The van der Waals surface area contributed by atoms with E-state index >= 15 is 0 Å². The van der Waals surface area contributed by atoms with Crippen LogP contribution in [-0.2, 0) is 17.8 Å². The molecule has 7 heteroatoms. The lowest BCUT2D eigenvalue weighted by Gasteiger charge is -2.14. The lowest BCUT2D eigenvalue weighted by molar-refractivity contribution is -0.139. The molecule has 194 valence electrons. The van der Waals surface area contributed by atoms with Crippen molar-refractivity contribution >= 4 is 35.1 Å². The standard InChI is InChI=1S/C32H27N3O4/c36-31(30-33-27-18-15-23(19-28(27)34-30)12-11-22-7-3-1-4-8-22)35-29(32(37)38)20-24-13-16-26(17-14-24)39-21-25-9-5-2-6-10-25/h1-19,29H,20-21H2,(H,33,34)(H,35,36)(H,37,38). The Balaban J connectivity index is 1.22. The maximum Gasteiger partial charge on any atom is 0.326 e. The molecular formula is C32H27N3O4. The summed E-state index contributed by atoms with van der Waals surface area (Å²) in [5, 5.41) is 12.3. The van der Waals surface area contributed by atoms with Crippen LogP contribution in [0.4, 0.5) is 0 Å². The van der Waals surface area contributed by atoms with E-state index in [-0.39, 0.29) is 12.2 Å². The van der Waals surface area contributed by atoms with Crippen molar-refractivity contribution in [3.63, 3.8) is 0 Å². The monoisotopic (exact) mass is 517 g/mol. The van der Waals surface area contributed by atoms with Crippen LogP contribution < -0.4 is 10.1 Å². The van der Waals surface area contributed by atoms with Crippen molar-refractivity contribution < 1.29 is 19.4 Å².